The Bertz CT molecular complexity index is 1140. The summed E-state index contributed by atoms with van der Waals surface area (Å²) < 4.78 is 47.8. The summed E-state index contributed by atoms with van der Waals surface area (Å²) >= 11 is 0. The molecule has 0 radical (unpaired) electrons. The minimum Gasteiger partial charge on any atom is -0.503 e. The number of benzene rings is 1. The van der Waals surface area contributed by atoms with Crippen LogP contribution in [-0.2, 0) is 11.3 Å². The summed E-state index contributed by atoms with van der Waals surface area (Å²) in [5.74, 6) is -5.98. The second-order valence-corrected chi connectivity index (χ2v) is 7.62. The van der Waals surface area contributed by atoms with E-state index in [-0.39, 0.29) is 5.69 Å². The Morgan fingerprint density at radius 3 is 2.59 bits per heavy atom. The summed E-state index contributed by atoms with van der Waals surface area (Å²) in [6.07, 6.45) is 1.67. The van der Waals surface area contributed by atoms with Crippen molar-refractivity contribution in [2.24, 2.45) is 0 Å². The van der Waals surface area contributed by atoms with Gasteiger partial charge in [-0.2, -0.15) is 0 Å². The van der Waals surface area contributed by atoms with E-state index >= 15 is 0 Å². The summed E-state index contributed by atoms with van der Waals surface area (Å²) in [6, 6.07) is 0.523. The molecule has 2 aliphatic heterocycles. The molecule has 170 valence electrons. The van der Waals surface area contributed by atoms with Gasteiger partial charge in [-0.15, -0.1) is 0 Å². The molecule has 0 spiro atoms. The van der Waals surface area contributed by atoms with E-state index in [2.05, 4.69) is 5.32 Å². The number of hydrogen-bond donors (Lipinski definition) is 2. The van der Waals surface area contributed by atoms with Gasteiger partial charge >= 0.3 is 0 Å². The van der Waals surface area contributed by atoms with Crippen LogP contribution >= 0.6 is 0 Å². The Kier molecular flexibility index (Phi) is 5.68. The molecule has 32 heavy (non-hydrogen) atoms. The van der Waals surface area contributed by atoms with Crippen LogP contribution in [0, 0.1) is 17.5 Å². The van der Waals surface area contributed by atoms with Crippen molar-refractivity contribution < 1.29 is 32.6 Å². The summed E-state index contributed by atoms with van der Waals surface area (Å²) in [5.41, 5.74) is -2.41. The zero-order valence-electron chi connectivity index (χ0n) is 17.0. The summed E-state index contributed by atoms with van der Waals surface area (Å²) in [4.78, 5) is 39.7. The zero-order valence-corrected chi connectivity index (χ0v) is 17.0. The first-order valence-corrected chi connectivity index (χ1v) is 10.1. The topological polar surface area (TPSA) is 101 Å². The highest BCUT2D eigenvalue weighted by atomic mass is 19.1. The summed E-state index contributed by atoms with van der Waals surface area (Å²) in [5, 5.41) is 12.7. The summed E-state index contributed by atoms with van der Waals surface area (Å²) in [7, 11) is 0. The van der Waals surface area contributed by atoms with Gasteiger partial charge in [0, 0.05) is 37.0 Å². The van der Waals surface area contributed by atoms with Crippen LogP contribution in [0.25, 0.3) is 0 Å². The van der Waals surface area contributed by atoms with Crippen LogP contribution in [0.2, 0.25) is 0 Å². The maximum atomic E-state index is 13.8. The van der Waals surface area contributed by atoms with Gasteiger partial charge in [0.15, 0.2) is 17.7 Å². The molecule has 0 aliphatic carbocycles. The predicted octanol–water partition coefficient (Wildman–Crippen LogP) is 2.05. The van der Waals surface area contributed by atoms with E-state index in [0.29, 0.717) is 38.1 Å². The van der Waals surface area contributed by atoms with Crippen molar-refractivity contribution in [3.8, 4) is 5.75 Å². The third-order valence-corrected chi connectivity index (χ3v) is 5.61. The molecular weight excluding hydrogens is 431 g/mol. The largest absolute Gasteiger partial charge is 0.503 e. The van der Waals surface area contributed by atoms with E-state index in [1.54, 1.807) is 0 Å². The number of carbonyl (C=O) groups excluding carboxylic acids is 2. The number of aromatic hydroxyl groups is 1. The van der Waals surface area contributed by atoms with Gasteiger partial charge in [0.2, 0.25) is 5.43 Å². The van der Waals surface area contributed by atoms with E-state index in [9.17, 15) is 32.7 Å². The highest BCUT2D eigenvalue weighted by Crippen LogP contribution is 2.37. The van der Waals surface area contributed by atoms with Gasteiger partial charge in [-0.1, -0.05) is 6.92 Å². The lowest BCUT2D eigenvalue weighted by atomic mass is 10.0. The van der Waals surface area contributed by atoms with Crippen molar-refractivity contribution in [3.63, 3.8) is 0 Å². The monoisotopic (exact) mass is 451 g/mol. The van der Waals surface area contributed by atoms with Crippen LogP contribution in [0.4, 0.5) is 13.2 Å². The lowest BCUT2D eigenvalue weighted by molar-refractivity contribution is -0.0349. The third kappa shape index (κ3) is 3.52. The van der Waals surface area contributed by atoms with Crippen molar-refractivity contribution in [2.75, 3.05) is 13.2 Å². The summed E-state index contributed by atoms with van der Waals surface area (Å²) in [6.45, 7) is 1.93. The number of amides is 2. The maximum Gasteiger partial charge on any atom is 0.276 e. The second kappa shape index (κ2) is 8.30. The molecule has 8 nitrogen and oxygen atoms in total. The smallest absolute Gasteiger partial charge is 0.276 e. The van der Waals surface area contributed by atoms with Crippen molar-refractivity contribution in [2.45, 2.75) is 38.6 Å². The molecule has 4 rings (SSSR count). The van der Waals surface area contributed by atoms with E-state index in [0.717, 1.165) is 6.20 Å². The zero-order chi connectivity index (χ0) is 23.2. The molecule has 2 N–H and O–H groups in total. The SMILES string of the molecule is CCCN1C(=O)c2c(O)c(=O)c(C(=O)NCc3c(F)cc(F)cc3F)cn2C2CCOC21. The Balaban J connectivity index is 1.68. The number of aromatic nitrogens is 1. The first-order valence-electron chi connectivity index (χ1n) is 10.1. The van der Waals surface area contributed by atoms with Crippen molar-refractivity contribution in [1.29, 1.82) is 0 Å². The molecule has 2 atom stereocenters. The van der Waals surface area contributed by atoms with Crippen molar-refractivity contribution >= 4 is 11.8 Å². The standard InChI is InChI=1S/C21H20F3N3O5/c1-2-4-26-20(31)16-18(29)17(28)12(9-27(16)15-3-5-32-21(15)26)19(30)25-8-11-13(23)6-10(22)7-14(11)24/h6-7,9,15,21,29H,2-5,8H2,1H3,(H,25,30). The number of fused-ring (bicyclic) bond motifs is 3. The molecule has 2 aromatic rings. The number of carbonyl (C=O) groups is 2. The fraction of sp³-hybridized carbons (Fsp3) is 0.381. The highest BCUT2D eigenvalue weighted by molar-refractivity contribution is 5.99. The highest BCUT2D eigenvalue weighted by Gasteiger charge is 2.45. The number of nitrogens with zero attached hydrogens (tertiary/aromatic N) is 2. The number of rotatable bonds is 5. The number of pyridine rings is 1. The molecular formula is C21H20F3N3O5. The van der Waals surface area contributed by atoms with Crippen molar-refractivity contribution in [3.05, 3.63) is 62.8 Å². The fourth-order valence-electron chi connectivity index (χ4n) is 4.12. The van der Waals surface area contributed by atoms with Gasteiger partial charge in [-0.25, -0.2) is 13.2 Å². The van der Waals surface area contributed by atoms with E-state index in [4.69, 9.17) is 4.74 Å². The molecule has 1 aromatic carbocycles. The van der Waals surface area contributed by atoms with E-state index in [1.165, 1.54) is 9.47 Å². The molecule has 11 heteroatoms. The number of ether oxygens (including phenoxy) is 1. The minimum atomic E-state index is -1.19. The van der Waals surface area contributed by atoms with Crippen LogP contribution in [0.3, 0.4) is 0 Å². The van der Waals surface area contributed by atoms with E-state index in [1.807, 2.05) is 6.92 Å². The number of nitrogens with one attached hydrogen (secondary N) is 1. The van der Waals surface area contributed by atoms with Gasteiger partial charge in [0.1, 0.15) is 23.0 Å². The Morgan fingerprint density at radius 1 is 1.25 bits per heavy atom. The molecule has 1 saturated heterocycles. The van der Waals surface area contributed by atoms with Gasteiger partial charge < -0.3 is 24.6 Å². The molecule has 3 heterocycles. The molecule has 1 fully saturated rings. The van der Waals surface area contributed by atoms with Crippen LogP contribution < -0.4 is 10.7 Å². The van der Waals surface area contributed by atoms with Crippen LogP contribution in [0.5, 0.6) is 5.75 Å². The first kappa shape index (κ1) is 21.9. The fourth-order valence-corrected chi connectivity index (χ4v) is 4.12. The molecule has 2 aliphatic rings. The Morgan fingerprint density at radius 2 is 1.94 bits per heavy atom. The first-order chi connectivity index (χ1) is 15.2. The predicted molar refractivity (Wildman–Crippen MR) is 105 cm³/mol. The van der Waals surface area contributed by atoms with Gasteiger partial charge in [0.25, 0.3) is 11.8 Å². The van der Waals surface area contributed by atoms with Crippen molar-refractivity contribution in [1.82, 2.24) is 14.8 Å². The molecule has 2 amide bonds. The molecule has 2 unspecified atom stereocenters. The normalized spacial score (nSPS) is 19.6. The Hall–Kier alpha value is -3.34. The minimum absolute atomic E-state index is 0.234. The average molecular weight is 451 g/mol. The lowest BCUT2D eigenvalue weighted by Gasteiger charge is -2.39. The van der Waals surface area contributed by atoms with Gasteiger partial charge in [-0.3, -0.25) is 14.4 Å². The van der Waals surface area contributed by atoms with Crippen LogP contribution in [0.15, 0.2) is 23.1 Å². The molecule has 1 aromatic heterocycles. The molecule has 0 saturated carbocycles. The van der Waals surface area contributed by atoms with Gasteiger partial charge in [0.05, 0.1) is 12.6 Å². The quantitative estimate of drug-likeness (QED) is 0.725. The third-order valence-electron chi connectivity index (χ3n) is 5.61. The number of halogens is 3. The average Bonchev–Trinajstić information content (AvgIpc) is 3.22. The Labute approximate surface area is 180 Å². The van der Waals surface area contributed by atoms with E-state index < -0.39 is 70.4 Å². The maximum absolute atomic E-state index is 13.8. The number of hydrogen-bond acceptors (Lipinski definition) is 5. The van der Waals surface area contributed by atoms with Crippen LogP contribution in [0.1, 0.15) is 52.2 Å². The lowest BCUT2D eigenvalue weighted by Crippen LogP contribution is -2.50. The van der Waals surface area contributed by atoms with Crippen LogP contribution in [-0.4, -0.2) is 45.8 Å². The molecule has 0 bridgehead atoms. The second-order valence-electron chi connectivity index (χ2n) is 7.62. The van der Waals surface area contributed by atoms with Gasteiger partial charge in [-0.05, 0) is 12.8 Å².